The first-order valence-electron chi connectivity index (χ1n) is 8.91. The monoisotopic (exact) mass is 423 g/mol. The van der Waals surface area contributed by atoms with Crippen molar-refractivity contribution in [3.05, 3.63) is 48.0 Å². The molecule has 2 rings (SSSR count). The molecule has 0 atom stereocenters. The van der Waals surface area contributed by atoms with Crippen LogP contribution in [0.1, 0.15) is 18.9 Å². The first kappa shape index (κ1) is 22.2. The van der Waals surface area contributed by atoms with Crippen molar-refractivity contribution in [3.63, 3.8) is 0 Å². The summed E-state index contributed by atoms with van der Waals surface area (Å²) in [6.45, 7) is 2.55. The summed E-state index contributed by atoms with van der Waals surface area (Å²) in [6, 6.07) is 11.2. The Morgan fingerprint density at radius 3 is 2.48 bits per heavy atom. The highest BCUT2D eigenvalue weighted by Crippen LogP contribution is 2.29. The first-order valence-corrected chi connectivity index (χ1v) is 10.3. The number of benzene rings is 2. The fourth-order valence-corrected chi connectivity index (χ4v) is 3.48. The molecule has 0 unspecified atom stereocenters. The highest BCUT2D eigenvalue weighted by Gasteiger charge is 2.22. The van der Waals surface area contributed by atoms with Gasteiger partial charge < -0.3 is 30.0 Å². The third-order valence-electron chi connectivity index (χ3n) is 3.71. The van der Waals surface area contributed by atoms with Gasteiger partial charge in [0.25, 0.3) is 0 Å². The zero-order valence-electron chi connectivity index (χ0n) is 16.3. The Balaban J connectivity index is 2.10. The lowest BCUT2D eigenvalue weighted by Crippen LogP contribution is -2.23. The van der Waals surface area contributed by atoms with Crippen LogP contribution in [-0.2, 0) is 21.4 Å². The second-order valence-electron chi connectivity index (χ2n) is 5.91. The third kappa shape index (κ3) is 6.75. The number of para-hydroxylation sites is 1. The lowest BCUT2D eigenvalue weighted by Gasteiger charge is -2.13. The van der Waals surface area contributed by atoms with Crippen LogP contribution in [0.4, 0.5) is 0 Å². The fraction of sp³-hybridized carbons (Fsp3) is 0.316. The second-order valence-corrected chi connectivity index (χ2v) is 7.42. The molecule has 158 valence electrons. The van der Waals surface area contributed by atoms with Crippen molar-refractivity contribution in [3.8, 4) is 17.2 Å². The van der Waals surface area contributed by atoms with E-state index in [1.807, 2.05) is 13.0 Å². The highest BCUT2D eigenvalue weighted by atomic mass is 32.2. The largest absolute Gasteiger partial charge is 0.495 e. The van der Waals surface area contributed by atoms with Crippen LogP contribution in [0.25, 0.3) is 0 Å². The molecule has 0 aliphatic rings. The number of nitrogens with two attached hydrogens (primary N) is 2. The van der Waals surface area contributed by atoms with Crippen LogP contribution in [0, 0.1) is 0 Å². The summed E-state index contributed by atoms with van der Waals surface area (Å²) in [5, 5.41) is 3.41. The van der Waals surface area contributed by atoms with Crippen molar-refractivity contribution in [2.75, 3.05) is 20.3 Å². The van der Waals surface area contributed by atoms with Crippen molar-refractivity contribution in [1.82, 2.24) is 0 Å². The van der Waals surface area contributed by atoms with Crippen molar-refractivity contribution in [2.45, 2.75) is 24.7 Å². The van der Waals surface area contributed by atoms with Gasteiger partial charge in [0.2, 0.25) is 5.96 Å². The number of oxime groups is 1. The molecule has 0 saturated heterocycles. The predicted octanol–water partition coefficient (Wildman–Crippen LogP) is 2.00. The molecule has 9 nitrogen and oxygen atoms in total. The molecule has 0 aliphatic heterocycles. The Morgan fingerprint density at radius 2 is 1.79 bits per heavy atom. The van der Waals surface area contributed by atoms with Gasteiger partial charge in [-0.05, 0) is 41.4 Å². The van der Waals surface area contributed by atoms with Crippen LogP contribution < -0.4 is 25.1 Å². The van der Waals surface area contributed by atoms with Crippen LogP contribution >= 0.6 is 0 Å². The molecule has 10 heteroatoms. The van der Waals surface area contributed by atoms with Crippen LogP contribution in [0.3, 0.4) is 0 Å². The zero-order valence-corrected chi connectivity index (χ0v) is 17.1. The van der Waals surface area contributed by atoms with Gasteiger partial charge in [0.05, 0.1) is 13.7 Å². The lowest BCUT2D eigenvalue weighted by atomic mass is 10.1. The molecule has 0 heterocycles. The van der Waals surface area contributed by atoms with E-state index < -0.39 is 10.1 Å². The summed E-state index contributed by atoms with van der Waals surface area (Å²) in [6.07, 6.45) is 1.21. The maximum atomic E-state index is 12.7. The molecule has 0 saturated carbocycles. The summed E-state index contributed by atoms with van der Waals surface area (Å²) >= 11 is 0. The summed E-state index contributed by atoms with van der Waals surface area (Å²) in [7, 11) is -2.68. The molecule has 0 amide bonds. The number of nitrogens with zero attached hydrogens (tertiary/aromatic N) is 1. The molecule has 2 aromatic rings. The molecule has 2 aromatic carbocycles. The Bertz CT molecular complexity index is 943. The minimum absolute atomic E-state index is 0.0521. The van der Waals surface area contributed by atoms with E-state index in [-0.39, 0.29) is 29.0 Å². The molecule has 0 radical (unpaired) electrons. The molecule has 0 aliphatic carbocycles. The third-order valence-corrected chi connectivity index (χ3v) is 5.00. The fourth-order valence-electron chi connectivity index (χ4n) is 2.40. The van der Waals surface area contributed by atoms with E-state index in [1.165, 1.54) is 19.2 Å². The standard InChI is InChI=1S/C19H25N3O6S/c1-3-14-11-15(26-9-6-10-27-22-19(20)21)13-16(12-14)28-29(23,24)18-8-5-4-7-17(18)25-2/h4-5,7-8,11-13H,3,6,9-10H2,1-2H3,(H4,20,21,22). The molecule has 0 fully saturated rings. The number of rotatable bonds is 11. The van der Waals surface area contributed by atoms with E-state index >= 15 is 0 Å². The van der Waals surface area contributed by atoms with Gasteiger partial charge in [0.15, 0.2) is 0 Å². The molecule has 29 heavy (non-hydrogen) atoms. The normalized spacial score (nSPS) is 10.8. The number of ether oxygens (including phenoxy) is 2. The van der Waals surface area contributed by atoms with Gasteiger partial charge in [-0.15, -0.1) is 0 Å². The van der Waals surface area contributed by atoms with Gasteiger partial charge >= 0.3 is 10.1 Å². The van der Waals surface area contributed by atoms with E-state index in [9.17, 15) is 8.42 Å². The Kier molecular flexibility index (Phi) is 7.96. The van der Waals surface area contributed by atoms with Gasteiger partial charge in [0, 0.05) is 12.5 Å². The summed E-state index contributed by atoms with van der Waals surface area (Å²) in [5.74, 6) is 0.689. The maximum absolute atomic E-state index is 12.7. The quantitative estimate of drug-likeness (QED) is 0.184. The van der Waals surface area contributed by atoms with E-state index in [1.54, 1.807) is 24.3 Å². The van der Waals surface area contributed by atoms with Crippen molar-refractivity contribution in [1.29, 1.82) is 0 Å². The summed E-state index contributed by atoms with van der Waals surface area (Å²) < 4.78 is 41.5. The van der Waals surface area contributed by atoms with E-state index in [0.717, 1.165) is 5.56 Å². The predicted molar refractivity (Wildman–Crippen MR) is 109 cm³/mol. The van der Waals surface area contributed by atoms with E-state index in [0.29, 0.717) is 25.2 Å². The topological polar surface area (TPSA) is 135 Å². The molecule has 0 bridgehead atoms. The molecular weight excluding hydrogens is 398 g/mol. The Hall–Kier alpha value is -3.14. The highest BCUT2D eigenvalue weighted by molar-refractivity contribution is 7.87. The van der Waals surface area contributed by atoms with Crippen LogP contribution in [0.2, 0.25) is 0 Å². The van der Waals surface area contributed by atoms with Gasteiger partial charge in [-0.1, -0.05) is 19.1 Å². The minimum Gasteiger partial charge on any atom is -0.495 e. The number of hydrogen-bond donors (Lipinski definition) is 2. The molecule has 4 N–H and O–H groups in total. The van der Waals surface area contributed by atoms with Crippen molar-refractivity contribution >= 4 is 16.1 Å². The average Bonchev–Trinajstić information content (AvgIpc) is 2.69. The van der Waals surface area contributed by atoms with Crippen molar-refractivity contribution in [2.24, 2.45) is 16.6 Å². The smallest absolute Gasteiger partial charge is 0.342 e. The number of methoxy groups -OCH3 is 1. The summed E-state index contributed by atoms with van der Waals surface area (Å²) in [4.78, 5) is 4.83. The van der Waals surface area contributed by atoms with Crippen LogP contribution in [0.15, 0.2) is 52.5 Å². The zero-order chi connectivity index (χ0) is 21.3. The SMILES string of the molecule is CCc1cc(OCCCON=C(N)N)cc(OS(=O)(=O)c2ccccc2OC)c1. The Labute approximate surface area is 170 Å². The van der Waals surface area contributed by atoms with Crippen LogP contribution in [-0.4, -0.2) is 34.7 Å². The molecule has 0 aromatic heterocycles. The van der Waals surface area contributed by atoms with Gasteiger partial charge in [0.1, 0.15) is 28.8 Å². The molecule has 0 spiro atoms. The number of aryl methyl sites for hydroxylation is 1. The van der Waals surface area contributed by atoms with Crippen molar-refractivity contribution < 1.29 is 26.9 Å². The number of guanidine groups is 1. The summed E-state index contributed by atoms with van der Waals surface area (Å²) in [5.41, 5.74) is 11.2. The Morgan fingerprint density at radius 1 is 1.07 bits per heavy atom. The van der Waals surface area contributed by atoms with E-state index in [2.05, 4.69) is 5.16 Å². The first-order chi connectivity index (χ1) is 13.9. The average molecular weight is 423 g/mol. The molecular formula is C19H25N3O6S. The van der Waals surface area contributed by atoms with Gasteiger partial charge in [-0.25, -0.2) is 0 Å². The van der Waals surface area contributed by atoms with Gasteiger partial charge in [-0.3, -0.25) is 0 Å². The minimum atomic E-state index is -4.08. The number of hydrogen-bond acceptors (Lipinski definition) is 7. The van der Waals surface area contributed by atoms with Crippen LogP contribution in [0.5, 0.6) is 17.2 Å². The lowest BCUT2D eigenvalue weighted by molar-refractivity contribution is 0.127. The van der Waals surface area contributed by atoms with Gasteiger partial charge in [-0.2, -0.15) is 8.42 Å². The second kappa shape index (κ2) is 10.4. The van der Waals surface area contributed by atoms with E-state index in [4.69, 9.17) is 30.0 Å². The maximum Gasteiger partial charge on any atom is 0.342 e.